The number of pyridine rings is 2. The maximum atomic E-state index is 12.8. The highest BCUT2D eigenvalue weighted by Crippen LogP contribution is 2.34. The molecule has 392 valence electrons. The molecule has 0 saturated carbocycles. The first kappa shape index (κ1) is 55.8. The van der Waals surface area contributed by atoms with Gasteiger partial charge in [0, 0.05) is 41.2 Å². The van der Waals surface area contributed by atoms with E-state index in [1.807, 2.05) is 38.1 Å². The van der Waals surface area contributed by atoms with E-state index in [0.29, 0.717) is 69.9 Å². The molecule has 11 N–H and O–H groups in total. The van der Waals surface area contributed by atoms with E-state index < -0.39 is 23.1 Å². The smallest absolute Gasteiger partial charge is 0.269 e. The second-order valence-corrected chi connectivity index (χ2v) is 18.0. The Morgan fingerprint density at radius 3 is 1.60 bits per heavy atom. The fourth-order valence-electron chi connectivity index (χ4n) is 8.72. The Morgan fingerprint density at radius 2 is 1.13 bits per heavy atom. The number of aryl methyl sites for hydroxylation is 2. The zero-order valence-corrected chi connectivity index (χ0v) is 42.8. The summed E-state index contributed by atoms with van der Waals surface area (Å²) in [5, 5.41) is 8.55. The van der Waals surface area contributed by atoms with Crippen LogP contribution >= 0.6 is 11.6 Å². The summed E-state index contributed by atoms with van der Waals surface area (Å²) < 4.78 is 2.48. The second-order valence-electron chi connectivity index (χ2n) is 17.6. The van der Waals surface area contributed by atoms with Gasteiger partial charge in [0.15, 0.2) is 17.2 Å². The van der Waals surface area contributed by atoms with E-state index in [9.17, 15) is 28.8 Å². The number of allylic oxidation sites excluding steroid dienone is 1. The number of nitrogen functional groups attached to an aromatic ring is 2. The molecule has 2 aliphatic rings. The minimum Gasteiger partial charge on any atom is -0.364 e. The summed E-state index contributed by atoms with van der Waals surface area (Å²) in [5.74, 6) is 12.3. The van der Waals surface area contributed by atoms with Gasteiger partial charge >= 0.3 is 0 Å². The number of nitrogens with zero attached hydrogens (tertiary/aromatic N) is 7. The molecule has 6 heterocycles. The molecular weight excluding hydrogens is 976 g/mol. The highest BCUT2D eigenvalue weighted by Gasteiger charge is 2.33. The molecule has 2 fully saturated rings. The van der Waals surface area contributed by atoms with E-state index in [-0.39, 0.29) is 35.2 Å². The number of nitrogens with one attached hydrogen (secondary N) is 3. The Hall–Kier alpha value is -8.49. The van der Waals surface area contributed by atoms with Crippen LogP contribution in [-0.2, 0) is 22.4 Å². The Balaban J connectivity index is 0.000000225. The Kier molecular flexibility index (Phi) is 19.7. The molecule has 0 aliphatic carbocycles. The number of rotatable bonds is 14. The predicted molar refractivity (Wildman–Crippen MR) is 289 cm³/mol. The van der Waals surface area contributed by atoms with Crippen LogP contribution in [0.5, 0.6) is 0 Å². The summed E-state index contributed by atoms with van der Waals surface area (Å²) in [5.41, 5.74) is 16.5. The van der Waals surface area contributed by atoms with Crippen LogP contribution in [0.1, 0.15) is 142 Å². The molecule has 2 aromatic carbocycles. The average Bonchev–Trinajstić information content (AvgIpc) is 3.65. The van der Waals surface area contributed by atoms with Crippen molar-refractivity contribution in [1.82, 2.24) is 39.5 Å². The number of primary amides is 2. The lowest BCUT2D eigenvalue weighted by Gasteiger charge is -2.28. The molecule has 21 heteroatoms. The summed E-state index contributed by atoms with van der Waals surface area (Å²) in [6.45, 7) is 12.2. The molecule has 0 radical (unpaired) electrons. The molecule has 2 unspecified atom stereocenters. The van der Waals surface area contributed by atoms with Crippen molar-refractivity contribution in [3.05, 3.63) is 156 Å². The number of benzene rings is 2. The number of carbonyl (C=O) groups is 6. The van der Waals surface area contributed by atoms with Crippen LogP contribution in [0, 0.1) is 0 Å². The van der Waals surface area contributed by atoms with Crippen LogP contribution < -0.4 is 39.1 Å². The summed E-state index contributed by atoms with van der Waals surface area (Å²) >= 11 is 4.71. The number of likely N-dealkylation sites (tertiary alicyclic amines) is 1. The van der Waals surface area contributed by atoms with Crippen molar-refractivity contribution in [2.75, 3.05) is 35.4 Å². The highest BCUT2D eigenvalue weighted by molar-refractivity contribution is 6.66. The molecule has 2 aliphatic heterocycles. The van der Waals surface area contributed by atoms with Crippen molar-refractivity contribution in [2.45, 2.75) is 90.1 Å². The van der Waals surface area contributed by atoms with Gasteiger partial charge in [-0.05, 0) is 128 Å². The number of anilines is 2. The van der Waals surface area contributed by atoms with Gasteiger partial charge in [0.2, 0.25) is 11.1 Å². The van der Waals surface area contributed by atoms with Crippen LogP contribution in [0.15, 0.2) is 111 Å². The molecule has 75 heavy (non-hydrogen) atoms. The number of imidazole rings is 2. The van der Waals surface area contributed by atoms with Crippen LogP contribution in [0.25, 0.3) is 22.5 Å². The minimum atomic E-state index is -0.741. The van der Waals surface area contributed by atoms with E-state index in [0.717, 1.165) is 81.5 Å². The fourth-order valence-corrected chi connectivity index (χ4v) is 8.72. The summed E-state index contributed by atoms with van der Waals surface area (Å²) in [7, 11) is 0. The third-order valence-corrected chi connectivity index (χ3v) is 12.8. The predicted octanol–water partition coefficient (Wildman–Crippen LogP) is 6.92. The molecule has 8 rings (SSSR count). The fraction of sp³-hybridized carbons (Fsp3) is 0.296. The van der Waals surface area contributed by atoms with E-state index in [4.69, 9.17) is 44.7 Å². The molecule has 5 amide bonds. The summed E-state index contributed by atoms with van der Waals surface area (Å²) in [6.07, 6.45) is 14.9. The van der Waals surface area contributed by atoms with Gasteiger partial charge < -0.3 is 44.0 Å². The van der Waals surface area contributed by atoms with Crippen molar-refractivity contribution >= 4 is 58.0 Å². The molecule has 4 aromatic heterocycles. The minimum absolute atomic E-state index is 0.0306. The zero-order valence-electron chi connectivity index (χ0n) is 42.1. The number of amides is 5. The van der Waals surface area contributed by atoms with Gasteiger partial charge in [-0.1, -0.05) is 77.0 Å². The molecule has 2 saturated heterocycles. The second kappa shape index (κ2) is 26.5. The Morgan fingerprint density at radius 1 is 0.667 bits per heavy atom. The largest absolute Gasteiger partial charge is 0.364 e. The van der Waals surface area contributed by atoms with Crippen molar-refractivity contribution in [3.8, 4) is 22.5 Å². The van der Waals surface area contributed by atoms with Gasteiger partial charge in [-0.2, -0.15) is 0 Å². The van der Waals surface area contributed by atoms with Crippen LogP contribution in [0.2, 0.25) is 0 Å². The Bertz CT molecular complexity index is 3030. The van der Waals surface area contributed by atoms with Crippen molar-refractivity contribution < 1.29 is 28.8 Å². The standard InChI is InChI=1S/C27H31N7O3.C24H29N7O2.C3H3ClO/c1-3-17-13-14-30-21(16-17)31-27(37)19-11-9-18(10-12-19)23-24(25(28)36)34(29)26(32-23)20-8-6-5-7-15-33(20)22(35)4-2;1-2-15-11-13-28-19(14-15)29-24(33)17-9-7-16(8-10-17)20-21(22(25)32)31(26)23(30-20)18-6-4-3-5-12-27-18;1-2-3(4)5/h4,9-14,16,20H,2-3,5-8,15,29H2,1H3,(H2,28,36)(H,30,31,37);7-11,13-14,18,27H,2-6,12,26H2,1H3,(H2,25,32)(H,28,29,33);2H,1H2. The molecule has 0 spiro atoms. The van der Waals surface area contributed by atoms with Crippen LogP contribution in [-0.4, -0.2) is 82.1 Å². The average molecular weight is 1040 g/mol. The third kappa shape index (κ3) is 14.2. The number of hydrogen-bond donors (Lipinski definition) is 7. The number of nitrogens with two attached hydrogens (primary N) is 4. The lowest BCUT2D eigenvalue weighted by molar-refractivity contribution is -0.128. The van der Waals surface area contributed by atoms with Gasteiger partial charge in [0.05, 0.1) is 12.1 Å². The van der Waals surface area contributed by atoms with E-state index >= 15 is 0 Å². The quantitative estimate of drug-likeness (QED) is 0.0332. The van der Waals surface area contributed by atoms with Gasteiger partial charge in [-0.25, -0.2) is 29.3 Å². The lowest BCUT2D eigenvalue weighted by atomic mass is 10.1. The van der Waals surface area contributed by atoms with Crippen molar-refractivity contribution in [3.63, 3.8) is 0 Å². The molecule has 2 atom stereocenters. The normalized spacial score (nSPS) is 15.3. The van der Waals surface area contributed by atoms with Crippen LogP contribution in [0.3, 0.4) is 0 Å². The zero-order chi connectivity index (χ0) is 54.2. The number of carbonyl (C=O) groups excluding carboxylic acids is 6. The van der Waals surface area contributed by atoms with E-state index in [1.165, 1.54) is 15.4 Å². The number of aromatic nitrogens is 6. The summed E-state index contributed by atoms with van der Waals surface area (Å²) in [6, 6.07) is 20.5. The van der Waals surface area contributed by atoms with Gasteiger partial charge in [-0.3, -0.25) is 28.8 Å². The molecule has 6 aromatic rings. The maximum absolute atomic E-state index is 12.8. The molecule has 20 nitrogen and oxygen atoms in total. The van der Waals surface area contributed by atoms with Gasteiger partial charge in [0.25, 0.3) is 23.6 Å². The third-order valence-electron chi connectivity index (χ3n) is 12.7. The number of hydrogen-bond acceptors (Lipinski definition) is 13. The lowest BCUT2D eigenvalue weighted by Crippen LogP contribution is -2.36. The monoisotopic (exact) mass is 1040 g/mol. The first-order valence-corrected chi connectivity index (χ1v) is 25.0. The van der Waals surface area contributed by atoms with Crippen LogP contribution in [0.4, 0.5) is 11.6 Å². The first-order valence-electron chi connectivity index (χ1n) is 24.7. The maximum Gasteiger partial charge on any atom is 0.269 e. The molecular formula is C54H63ClN14O6. The topological polar surface area (TPSA) is 307 Å². The van der Waals surface area contributed by atoms with E-state index in [1.54, 1.807) is 65.8 Å². The highest BCUT2D eigenvalue weighted by atomic mass is 35.5. The Labute approximate surface area is 440 Å². The van der Waals surface area contributed by atoms with Crippen molar-refractivity contribution in [2.24, 2.45) is 11.5 Å². The summed E-state index contributed by atoms with van der Waals surface area (Å²) in [4.78, 5) is 91.5. The molecule has 0 bridgehead atoms. The first-order chi connectivity index (χ1) is 36.1. The van der Waals surface area contributed by atoms with Gasteiger partial charge in [0.1, 0.15) is 28.8 Å². The van der Waals surface area contributed by atoms with Gasteiger partial charge in [-0.15, -0.1) is 0 Å². The SMILES string of the molecule is C=CC(=O)Cl.C=CC(=O)N1CCCCCC1c1nc(-c2ccc(C(=O)Nc3cc(CC)ccn3)cc2)c(C(N)=O)n1N.CCc1ccnc(NC(=O)c2ccc(-c3nc(C4CCCCCN4)n(N)c3C(N)=O)cc2)c1. The van der Waals surface area contributed by atoms with E-state index in [2.05, 4.69) is 39.1 Å². The number of halogens is 1. The van der Waals surface area contributed by atoms with Crippen molar-refractivity contribution in [1.29, 1.82) is 0 Å².